The fraction of sp³-hybridized carbons (Fsp3) is 0.389. The number of hydrogen-bond acceptors (Lipinski definition) is 4. The summed E-state index contributed by atoms with van der Waals surface area (Å²) in [5.74, 6) is 0.0691. The maximum Gasteiger partial charge on any atom is 0.234 e. The summed E-state index contributed by atoms with van der Waals surface area (Å²) in [6, 6.07) is 14.3. The van der Waals surface area contributed by atoms with E-state index in [1.54, 1.807) is 11.3 Å². The maximum atomic E-state index is 12.3. The van der Waals surface area contributed by atoms with Gasteiger partial charge in [0.25, 0.3) is 0 Å². The molecule has 0 radical (unpaired) electrons. The minimum Gasteiger partial charge on any atom is -0.371 e. The Kier molecular flexibility index (Phi) is 5.43. The number of nitrogens with one attached hydrogen (secondary N) is 1. The SMILES string of the molecule is CC(NC(=O)CN1CCOC(c2ccccc2)C1)c1cccs1. The van der Waals surface area contributed by atoms with Crippen LogP contribution in [0, 0.1) is 0 Å². The summed E-state index contributed by atoms with van der Waals surface area (Å²) in [4.78, 5) is 15.6. The molecule has 2 atom stereocenters. The first-order valence-corrected chi connectivity index (χ1v) is 8.82. The van der Waals surface area contributed by atoms with E-state index in [1.807, 2.05) is 36.6 Å². The molecule has 0 bridgehead atoms. The summed E-state index contributed by atoms with van der Waals surface area (Å²) in [5, 5.41) is 5.11. The van der Waals surface area contributed by atoms with Crippen LogP contribution in [0.15, 0.2) is 47.8 Å². The lowest BCUT2D eigenvalue weighted by molar-refractivity contribution is -0.125. The third kappa shape index (κ3) is 4.41. The summed E-state index contributed by atoms with van der Waals surface area (Å²) in [6.07, 6.45) is 0.0486. The predicted molar refractivity (Wildman–Crippen MR) is 92.5 cm³/mol. The van der Waals surface area contributed by atoms with E-state index in [-0.39, 0.29) is 18.1 Å². The molecule has 1 aromatic carbocycles. The molecule has 1 fully saturated rings. The van der Waals surface area contributed by atoms with E-state index in [9.17, 15) is 4.79 Å². The molecular formula is C18H22N2O2S. The first-order valence-electron chi connectivity index (χ1n) is 7.94. The molecule has 1 saturated heterocycles. The second-order valence-electron chi connectivity index (χ2n) is 5.81. The van der Waals surface area contributed by atoms with E-state index in [0.29, 0.717) is 13.2 Å². The fourth-order valence-electron chi connectivity index (χ4n) is 2.81. The van der Waals surface area contributed by atoms with Gasteiger partial charge in [0.2, 0.25) is 5.91 Å². The second kappa shape index (κ2) is 7.73. The van der Waals surface area contributed by atoms with Crippen LogP contribution in [0.3, 0.4) is 0 Å². The van der Waals surface area contributed by atoms with Crippen LogP contribution < -0.4 is 5.32 Å². The van der Waals surface area contributed by atoms with Gasteiger partial charge in [0, 0.05) is 18.0 Å². The highest BCUT2D eigenvalue weighted by atomic mass is 32.1. The molecule has 0 spiro atoms. The second-order valence-corrected chi connectivity index (χ2v) is 6.79. The molecule has 23 heavy (non-hydrogen) atoms. The standard InChI is InChI=1S/C18H22N2O2S/c1-14(17-8-5-11-23-17)19-18(21)13-20-9-10-22-16(12-20)15-6-3-2-4-7-15/h2-8,11,14,16H,9-10,12-13H2,1H3,(H,19,21). The number of ether oxygens (including phenoxy) is 1. The Balaban J connectivity index is 1.52. The van der Waals surface area contributed by atoms with E-state index >= 15 is 0 Å². The van der Waals surface area contributed by atoms with Crippen LogP contribution in [0.2, 0.25) is 0 Å². The van der Waals surface area contributed by atoms with Crippen molar-refractivity contribution in [2.24, 2.45) is 0 Å². The molecular weight excluding hydrogens is 308 g/mol. The Labute approximate surface area is 141 Å². The summed E-state index contributed by atoms with van der Waals surface area (Å²) in [7, 11) is 0. The molecule has 1 N–H and O–H groups in total. The van der Waals surface area contributed by atoms with Crippen molar-refractivity contribution in [2.45, 2.75) is 19.1 Å². The van der Waals surface area contributed by atoms with E-state index < -0.39 is 0 Å². The first-order chi connectivity index (χ1) is 11.2. The highest BCUT2D eigenvalue weighted by molar-refractivity contribution is 7.10. The summed E-state index contributed by atoms with van der Waals surface area (Å²) in [6.45, 7) is 4.65. The Morgan fingerprint density at radius 1 is 1.35 bits per heavy atom. The number of morpholine rings is 1. The van der Waals surface area contributed by atoms with E-state index in [4.69, 9.17) is 4.74 Å². The molecule has 0 saturated carbocycles. The quantitative estimate of drug-likeness (QED) is 0.916. The number of carbonyl (C=O) groups is 1. The van der Waals surface area contributed by atoms with Gasteiger partial charge in [-0.05, 0) is 23.9 Å². The van der Waals surface area contributed by atoms with Gasteiger partial charge < -0.3 is 10.1 Å². The van der Waals surface area contributed by atoms with Crippen LogP contribution in [0.5, 0.6) is 0 Å². The van der Waals surface area contributed by atoms with E-state index in [2.05, 4.69) is 28.4 Å². The number of hydrogen-bond donors (Lipinski definition) is 1. The fourth-order valence-corrected chi connectivity index (χ4v) is 3.55. The number of amides is 1. The first kappa shape index (κ1) is 16.2. The van der Waals surface area contributed by atoms with Crippen molar-refractivity contribution >= 4 is 17.2 Å². The van der Waals surface area contributed by atoms with Gasteiger partial charge in [-0.2, -0.15) is 0 Å². The molecule has 2 aromatic rings. The van der Waals surface area contributed by atoms with Crippen molar-refractivity contribution in [1.82, 2.24) is 10.2 Å². The molecule has 3 rings (SSSR count). The number of thiophene rings is 1. The van der Waals surface area contributed by atoms with Crippen molar-refractivity contribution in [2.75, 3.05) is 26.2 Å². The number of nitrogens with zero attached hydrogens (tertiary/aromatic N) is 1. The van der Waals surface area contributed by atoms with Crippen molar-refractivity contribution < 1.29 is 9.53 Å². The van der Waals surface area contributed by atoms with Crippen molar-refractivity contribution in [3.8, 4) is 0 Å². The minimum absolute atomic E-state index is 0.0486. The van der Waals surface area contributed by atoms with Crippen LogP contribution in [-0.2, 0) is 9.53 Å². The van der Waals surface area contributed by atoms with E-state index in [0.717, 1.165) is 13.1 Å². The molecule has 1 amide bonds. The zero-order valence-corrected chi connectivity index (χ0v) is 14.1. The molecule has 122 valence electrons. The molecule has 5 heteroatoms. The maximum absolute atomic E-state index is 12.3. The van der Waals surface area contributed by atoms with Crippen molar-refractivity contribution in [3.05, 3.63) is 58.3 Å². The van der Waals surface area contributed by atoms with Gasteiger partial charge in [0.05, 0.1) is 25.3 Å². The van der Waals surface area contributed by atoms with Gasteiger partial charge >= 0.3 is 0 Å². The van der Waals surface area contributed by atoms with Crippen LogP contribution in [0.1, 0.15) is 29.5 Å². The molecule has 2 unspecified atom stereocenters. The molecule has 0 aliphatic carbocycles. The predicted octanol–water partition coefficient (Wildman–Crippen LogP) is 3.00. The molecule has 1 aliphatic rings. The zero-order chi connectivity index (χ0) is 16.1. The largest absolute Gasteiger partial charge is 0.371 e. The Hall–Kier alpha value is -1.69. The summed E-state index contributed by atoms with van der Waals surface area (Å²) < 4.78 is 5.84. The van der Waals surface area contributed by atoms with Crippen LogP contribution in [0.25, 0.3) is 0 Å². The number of carbonyl (C=O) groups excluding carboxylic acids is 1. The summed E-state index contributed by atoms with van der Waals surface area (Å²) in [5.41, 5.74) is 1.17. The van der Waals surface area contributed by atoms with E-state index in [1.165, 1.54) is 10.4 Å². The van der Waals surface area contributed by atoms with Crippen molar-refractivity contribution in [1.29, 1.82) is 0 Å². The highest BCUT2D eigenvalue weighted by Gasteiger charge is 2.23. The topological polar surface area (TPSA) is 41.6 Å². The van der Waals surface area contributed by atoms with Crippen LogP contribution in [-0.4, -0.2) is 37.0 Å². The lowest BCUT2D eigenvalue weighted by Gasteiger charge is -2.32. The lowest BCUT2D eigenvalue weighted by Crippen LogP contribution is -2.44. The molecule has 2 heterocycles. The van der Waals surface area contributed by atoms with Crippen molar-refractivity contribution in [3.63, 3.8) is 0 Å². The number of rotatable bonds is 5. The Morgan fingerprint density at radius 2 is 2.17 bits per heavy atom. The van der Waals surface area contributed by atoms with Crippen LogP contribution >= 0.6 is 11.3 Å². The molecule has 1 aliphatic heterocycles. The third-order valence-electron chi connectivity index (χ3n) is 4.04. The van der Waals surface area contributed by atoms with Gasteiger partial charge in [-0.15, -0.1) is 11.3 Å². The highest BCUT2D eigenvalue weighted by Crippen LogP contribution is 2.22. The monoisotopic (exact) mass is 330 g/mol. The summed E-state index contributed by atoms with van der Waals surface area (Å²) >= 11 is 1.67. The average molecular weight is 330 g/mol. The average Bonchev–Trinajstić information content (AvgIpc) is 3.10. The van der Waals surface area contributed by atoms with Gasteiger partial charge in [-0.3, -0.25) is 9.69 Å². The smallest absolute Gasteiger partial charge is 0.234 e. The Bertz CT molecular complexity index is 615. The van der Waals surface area contributed by atoms with Gasteiger partial charge in [-0.25, -0.2) is 0 Å². The molecule has 4 nitrogen and oxygen atoms in total. The molecule has 1 aromatic heterocycles. The zero-order valence-electron chi connectivity index (χ0n) is 13.3. The third-order valence-corrected chi connectivity index (χ3v) is 5.09. The normalized spacial score (nSPS) is 20.1. The van der Waals surface area contributed by atoms with Gasteiger partial charge in [0.1, 0.15) is 0 Å². The minimum atomic E-state index is 0.0486. The van der Waals surface area contributed by atoms with Crippen LogP contribution in [0.4, 0.5) is 0 Å². The number of benzene rings is 1. The Morgan fingerprint density at radius 3 is 2.91 bits per heavy atom. The van der Waals surface area contributed by atoms with Gasteiger partial charge in [0.15, 0.2) is 0 Å². The lowest BCUT2D eigenvalue weighted by atomic mass is 10.1. The van der Waals surface area contributed by atoms with Gasteiger partial charge in [-0.1, -0.05) is 36.4 Å².